The van der Waals surface area contributed by atoms with E-state index >= 15 is 0 Å². The lowest BCUT2D eigenvalue weighted by Crippen LogP contribution is -2.17. The van der Waals surface area contributed by atoms with Gasteiger partial charge in [0.2, 0.25) is 0 Å². The van der Waals surface area contributed by atoms with Gasteiger partial charge in [0.1, 0.15) is 11.3 Å². The second-order valence-electron chi connectivity index (χ2n) is 6.28. The molecule has 0 saturated heterocycles. The molecule has 1 N–H and O–H groups in total. The number of rotatable bonds is 5. The summed E-state index contributed by atoms with van der Waals surface area (Å²) in [5.74, 6) is -10.4. The van der Waals surface area contributed by atoms with Crippen LogP contribution in [-0.2, 0) is 6.18 Å². The number of anilines is 1. The topological polar surface area (TPSA) is 29.1 Å². The van der Waals surface area contributed by atoms with Gasteiger partial charge in [-0.15, -0.1) is 0 Å². The number of allylic oxidation sites excluding steroid dienone is 1. The Morgan fingerprint density at radius 1 is 0.710 bits per heavy atom. The maximum atomic E-state index is 14.3. The van der Waals surface area contributed by atoms with Gasteiger partial charge in [-0.1, -0.05) is 60.7 Å². The van der Waals surface area contributed by atoms with Crippen LogP contribution in [0, 0.1) is 23.3 Å². The van der Waals surface area contributed by atoms with Crippen LogP contribution in [0.5, 0.6) is 0 Å². The lowest BCUT2D eigenvalue weighted by molar-refractivity contribution is -0.143. The van der Waals surface area contributed by atoms with Crippen LogP contribution < -0.4 is 5.32 Å². The number of hydrogen-bond donors (Lipinski definition) is 1. The van der Waals surface area contributed by atoms with E-state index in [0.717, 1.165) is 6.08 Å². The highest BCUT2D eigenvalue weighted by Crippen LogP contribution is 2.39. The van der Waals surface area contributed by atoms with Crippen LogP contribution in [0.4, 0.5) is 36.4 Å². The molecule has 0 bridgehead atoms. The molecule has 3 aromatic rings. The number of hydrogen-bond acceptors (Lipinski definition) is 2. The fraction of sp³-hybridized carbons (Fsp3) is 0.0455. The minimum Gasteiger partial charge on any atom is -0.350 e. The van der Waals surface area contributed by atoms with Crippen molar-refractivity contribution in [1.82, 2.24) is 0 Å². The molecule has 3 aromatic carbocycles. The van der Waals surface area contributed by atoms with Crippen molar-refractivity contribution < 1.29 is 35.5 Å². The van der Waals surface area contributed by atoms with Crippen molar-refractivity contribution in [3.8, 4) is 0 Å². The van der Waals surface area contributed by atoms with E-state index in [9.17, 15) is 35.5 Å². The summed E-state index contributed by atoms with van der Waals surface area (Å²) in [6.07, 6.45) is -4.74. The summed E-state index contributed by atoms with van der Waals surface area (Å²) in [5, 5.41) is 2.04. The van der Waals surface area contributed by atoms with E-state index in [1.165, 1.54) is 36.4 Å². The van der Waals surface area contributed by atoms with Crippen LogP contribution in [0.1, 0.15) is 21.5 Å². The SMILES string of the molecule is O=C(C=C(Nc1c(F)c(F)c(C(F)(F)F)c(F)c1F)c1ccccc1)c1ccccc1. The maximum absolute atomic E-state index is 14.3. The van der Waals surface area contributed by atoms with Crippen molar-refractivity contribution in [3.05, 3.63) is 107 Å². The first-order valence-electron chi connectivity index (χ1n) is 8.68. The number of carbonyl (C=O) groups excluding carboxylic acids is 1. The Morgan fingerprint density at radius 3 is 1.61 bits per heavy atom. The minimum atomic E-state index is -5.66. The van der Waals surface area contributed by atoms with Crippen molar-refractivity contribution in [3.63, 3.8) is 0 Å². The standard InChI is InChI=1S/C22H12F7NO/c23-17-16(22(27,28)29)18(24)20(26)21(19(17)25)30-14(12-7-3-1-4-8-12)11-15(31)13-9-5-2-6-10-13/h1-11,30H. The Balaban J connectivity index is 2.13. The second-order valence-corrected chi connectivity index (χ2v) is 6.28. The van der Waals surface area contributed by atoms with Gasteiger partial charge < -0.3 is 5.32 Å². The first kappa shape index (κ1) is 22.1. The van der Waals surface area contributed by atoms with Crippen LogP contribution in [0.15, 0.2) is 66.7 Å². The summed E-state index contributed by atoms with van der Waals surface area (Å²) >= 11 is 0. The molecule has 0 aromatic heterocycles. The van der Waals surface area contributed by atoms with Crippen molar-refractivity contribution >= 4 is 17.2 Å². The summed E-state index contributed by atoms with van der Waals surface area (Å²) < 4.78 is 94.9. The summed E-state index contributed by atoms with van der Waals surface area (Å²) in [6.45, 7) is 0. The van der Waals surface area contributed by atoms with Gasteiger partial charge >= 0.3 is 6.18 Å². The molecule has 31 heavy (non-hydrogen) atoms. The second kappa shape index (κ2) is 8.63. The highest BCUT2D eigenvalue weighted by atomic mass is 19.4. The van der Waals surface area contributed by atoms with E-state index in [0.29, 0.717) is 0 Å². The molecule has 2 nitrogen and oxygen atoms in total. The predicted octanol–water partition coefficient (Wildman–Crippen LogP) is 6.60. The molecule has 0 radical (unpaired) electrons. The molecule has 0 aliphatic carbocycles. The van der Waals surface area contributed by atoms with E-state index < -0.39 is 46.5 Å². The number of carbonyl (C=O) groups is 1. The van der Waals surface area contributed by atoms with Gasteiger partial charge in [0.25, 0.3) is 0 Å². The molecule has 9 heteroatoms. The van der Waals surface area contributed by atoms with E-state index in [1.807, 2.05) is 5.32 Å². The van der Waals surface area contributed by atoms with Crippen molar-refractivity contribution in [1.29, 1.82) is 0 Å². The highest BCUT2D eigenvalue weighted by molar-refractivity contribution is 6.09. The number of benzene rings is 3. The minimum absolute atomic E-state index is 0.186. The zero-order valence-corrected chi connectivity index (χ0v) is 15.4. The predicted molar refractivity (Wildman–Crippen MR) is 100 cm³/mol. The lowest BCUT2D eigenvalue weighted by Gasteiger charge is -2.17. The summed E-state index contributed by atoms with van der Waals surface area (Å²) in [5.41, 5.74) is -4.09. The smallest absolute Gasteiger partial charge is 0.350 e. The first-order valence-corrected chi connectivity index (χ1v) is 8.68. The Labute approximate surface area is 171 Å². The maximum Gasteiger partial charge on any atom is 0.422 e. The van der Waals surface area contributed by atoms with Crippen LogP contribution in [-0.4, -0.2) is 5.78 Å². The number of halogens is 7. The lowest BCUT2D eigenvalue weighted by atomic mass is 10.1. The molecule has 0 heterocycles. The van der Waals surface area contributed by atoms with Crippen molar-refractivity contribution in [2.75, 3.05) is 5.32 Å². The summed E-state index contributed by atoms with van der Waals surface area (Å²) in [4.78, 5) is 12.5. The number of ketones is 1. The van der Waals surface area contributed by atoms with E-state index in [1.54, 1.807) is 24.3 Å². The van der Waals surface area contributed by atoms with Gasteiger partial charge in [0.05, 0.1) is 0 Å². The van der Waals surface area contributed by atoms with Gasteiger partial charge in [-0.25, -0.2) is 17.6 Å². The molecule has 0 aliphatic heterocycles. The fourth-order valence-electron chi connectivity index (χ4n) is 2.75. The third kappa shape index (κ3) is 4.60. The largest absolute Gasteiger partial charge is 0.422 e. The normalized spacial score (nSPS) is 12.0. The van der Waals surface area contributed by atoms with Gasteiger partial charge in [-0.3, -0.25) is 4.79 Å². The molecule has 0 saturated carbocycles. The Morgan fingerprint density at radius 2 is 1.16 bits per heavy atom. The average molecular weight is 439 g/mol. The molecule has 0 fully saturated rings. The molecule has 0 amide bonds. The van der Waals surface area contributed by atoms with E-state index in [2.05, 4.69) is 0 Å². The van der Waals surface area contributed by atoms with Crippen LogP contribution in [0.2, 0.25) is 0 Å². The van der Waals surface area contributed by atoms with Crippen LogP contribution >= 0.6 is 0 Å². The zero-order chi connectivity index (χ0) is 22.8. The highest BCUT2D eigenvalue weighted by Gasteiger charge is 2.42. The average Bonchev–Trinajstić information content (AvgIpc) is 2.74. The first-order chi connectivity index (χ1) is 14.6. The monoisotopic (exact) mass is 439 g/mol. The van der Waals surface area contributed by atoms with Gasteiger partial charge in [-0.2, -0.15) is 13.2 Å². The number of alkyl halides is 3. The molecular weight excluding hydrogens is 427 g/mol. The zero-order valence-electron chi connectivity index (χ0n) is 15.4. The quantitative estimate of drug-likeness (QED) is 0.210. The molecule has 0 unspecified atom stereocenters. The third-order valence-corrected chi connectivity index (χ3v) is 4.23. The molecule has 0 atom stereocenters. The Bertz CT molecular complexity index is 1110. The molecule has 0 spiro atoms. The van der Waals surface area contributed by atoms with Gasteiger partial charge in [0, 0.05) is 17.3 Å². The third-order valence-electron chi connectivity index (χ3n) is 4.23. The molecule has 3 rings (SSSR count). The summed E-state index contributed by atoms with van der Waals surface area (Å²) in [7, 11) is 0. The van der Waals surface area contributed by atoms with Gasteiger partial charge in [0.15, 0.2) is 29.1 Å². The van der Waals surface area contributed by atoms with Crippen LogP contribution in [0.25, 0.3) is 5.70 Å². The molecular formula is C22H12F7NO. The fourth-order valence-corrected chi connectivity index (χ4v) is 2.75. The molecule has 160 valence electrons. The Kier molecular flexibility index (Phi) is 6.14. The Hall–Kier alpha value is -3.62. The summed E-state index contributed by atoms with van der Waals surface area (Å²) in [6, 6.07) is 15.2. The number of nitrogens with one attached hydrogen (secondary N) is 1. The van der Waals surface area contributed by atoms with E-state index in [4.69, 9.17) is 0 Å². The van der Waals surface area contributed by atoms with E-state index in [-0.39, 0.29) is 16.8 Å². The van der Waals surface area contributed by atoms with Crippen LogP contribution in [0.3, 0.4) is 0 Å². The molecule has 0 aliphatic rings. The van der Waals surface area contributed by atoms with Gasteiger partial charge in [-0.05, 0) is 5.56 Å². The van der Waals surface area contributed by atoms with Crippen molar-refractivity contribution in [2.24, 2.45) is 0 Å². The van der Waals surface area contributed by atoms with Crippen molar-refractivity contribution in [2.45, 2.75) is 6.18 Å².